The third-order valence-corrected chi connectivity index (χ3v) is 3.83. The first-order valence-corrected chi connectivity index (χ1v) is 7.49. The van der Waals surface area contributed by atoms with E-state index in [-0.39, 0.29) is 11.5 Å². The molecule has 4 nitrogen and oxygen atoms in total. The van der Waals surface area contributed by atoms with Gasteiger partial charge in [0.1, 0.15) is 5.75 Å². The van der Waals surface area contributed by atoms with Crippen molar-refractivity contribution in [3.8, 4) is 5.75 Å². The van der Waals surface area contributed by atoms with Gasteiger partial charge in [-0.3, -0.25) is 0 Å². The van der Waals surface area contributed by atoms with Gasteiger partial charge in [-0.05, 0) is 31.5 Å². The normalized spacial score (nSPS) is 12.2. The number of halogens is 1. The van der Waals surface area contributed by atoms with Crippen molar-refractivity contribution in [3.63, 3.8) is 0 Å². The Morgan fingerprint density at radius 3 is 2.59 bits per heavy atom. The van der Waals surface area contributed by atoms with Crippen molar-refractivity contribution in [2.75, 3.05) is 0 Å². The standard InChI is InChI=1S/C11H12ClNO3S/c1-6-7(2)13-9-3-4-10(14)8(11(6)9)5-17(12,15)16/h3-4,13-14H,5H2,1-2H3. The van der Waals surface area contributed by atoms with E-state index in [1.807, 2.05) is 13.8 Å². The summed E-state index contributed by atoms with van der Waals surface area (Å²) in [6.07, 6.45) is 0. The summed E-state index contributed by atoms with van der Waals surface area (Å²) in [6.45, 7) is 3.77. The number of benzene rings is 1. The number of hydrogen-bond donors (Lipinski definition) is 2. The molecule has 2 N–H and O–H groups in total. The second-order valence-corrected chi connectivity index (χ2v) is 6.82. The Kier molecular flexibility index (Phi) is 2.83. The van der Waals surface area contributed by atoms with Gasteiger partial charge in [0, 0.05) is 32.8 Å². The van der Waals surface area contributed by atoms with Crippen LogP contribution in [-0.2, 0) is 14.8 Å². The first-order valence-electron chi connectivity index (χ1n) is 5.01. The van der Waals surface area contributed by atoms with Gasteiger partial charge in [0.2, 0.25) is 9.05 Å². The fraction of sp³-hybridized carbons (Fsp3) is 0.273. The van der Waals surface area contributed by atoms with E-state index in [1.165, 1.54) is 6.07 Å². The maximum Gasteiger partial charge on any atom is 0.236 e. The minimum atomic E-state index is -3.70. The summed E-state index contributed by atoms with van der Waals surface area (Å²) in [4.78, 5) is 3.13. The van der Waals surface area contributed by atoms with Crippen molar-refractivity contribution >= 4 is 30.6 Å². The van der Waals surface area contributed by atoms with Crippen LogP contribution in [0.3, 0.4) is 0 Å². The van der Waals surface area contributed by atoms with Crippen LogP contribution in [0.25, 0.3) is 10.9 Å². The van der Waals surface area contributed by atoms with Crippen LogP contribution in [0.5, 0.6) is 5.75 Å². The van der Waals surface area contributed by atoms with Gasteiger partial charge in [-0.2, -0.15) is 0 Å². The number of aromatic hydroxyl groups is 1. The largest absolute Gasteiger partial charge is 0.508 e. The number of fused-ring (bicyclic) bond motifs is 1. The molecule has 0 aliphatic rings. The zero-order valence-corrected chi connectivity index (χ0v) is 11.0. The molecule has 0 spiro atoms. The lowest BCUT2D eigenvalue weighted by molar-refractivity contribution is 0.471. The Hall–Kier alpha value is -1.20. The second kappa shape index (κ2) is 3.92. The monoisotopic (exact) mass is 273 g/mol. The van der Waals surface area contributed by atoms with Crippen LogP contribution in [0, 0.1) is 13.8 Å². The summed E-state index contributed by atoms with van der Waals surface area (Å²) in [5.74, 6) is -0.431. The quantitative estimate of drug-likeness (QED) is 0.826. The average Bonchev–Trinajstić information content (AvgIpc) is 2.47. The molecule has 0 amide bonds. The van der Waals surface area contributed by atoms with Crippen molar-refractivity contribution in [2.24, 2.45) is 0 Å². The predicted octanol–water partition coefficient (Wildman–Crippen LogP) is 2.56. The van der Waals surface area contributed by atoms with Gasteiger partial charge < -0.3 is 10.1 Å². The number of aryl methyl sites for hydroxylation is 2. The van der Waals surface area contributed by atoms with Crippen molar-refractivity contribution in [3.05, 3.63) is 29.0 Å². The number of nitrogens with one attached hydrogen (secondary N) is 1. The van der Waals surface area contributed by atoms with Gasteiger partial charge in [-0.15, -0.1) is 0 Å². The third kappa shape index (κ3) is 2.25. The van der Waals surface area contributed by atoms with E-state index in [1.54, 1.807) is 6.07 Å². The van der Waals surface area contributed by atoms with Crippen molar-refractivity contribution in [1.82, 2.24) is 4.98 Å². The first-order chi connectivity index (χ1) is 7.79. The molecule has 0 atom stereocenters. The molecule has 2 aromatic rings. The lowest BCUT2D eigenvalue weighted by Gasteiger charge is -2.05. The van der Waals surface area contributed by atoms with Gasteiger partial charge in [0.25, 0.3) is 0 Å². The molecule has 92 valence electrons. The minimum absolute atomic E-state index is 0.0520. The maximum absolute atomic E-state index is 11.2. The van der Waals surface area contributed by atoms with Crippen molar-refractivity contribution in [1.29, 1.82) is 0 Å². The number of hydrogen-bond acceptors (Lipinski definition) is 3. The van der Waals surface area contributed by atoms with Crippen LogP contribution < -0.4 is 0 Å². The van der Waals surface area contributed by atoms with Crippen LogP contribution in [0.4, 0.5) is 0 Å². The molecule has 0 aliphatic carbocycles. The van der Waals surface area contributed by atoms with Gasteiger partial charge >= 0.3 is 0 Å². The van der Waals surface area contributed by atoms with Crippen molar-refractivity contribution < 1.29 is 13.5 Å². The molecule has 0 saturated heterocycles. The zero-order valence-electron chi connectivity index (χ0n) is 9.41. The maximum atomic E-state index is 11.2. The average molecular weight is 274 g/mol. The number of phenols is 1. The topological polar surface area (TPSA) is 70.2 Å². The molecular weight excluding hydrogens is 262 g/mol. The Morgan fingerprint density at radius 2 is 2.00 bits per heavy atom. The van der Waals surface area contributed by atoms with Crippen LogP contribution in [0.1, 0.15) is 16.8 Å². The third-order valence-electron chi connectivity index (χ3n) is 2.86. The zero-order chi connectivity index (χ0) is 12.8. The highest BCUT2D eigenvalue weighted by Gasteiger charge is 2.17. The van der Waals surface area contributed by atoms with E-state index in [0.717, 1.165) is 22.2 Å². The summed E-state index contributed by atoms with van der Waals surface area (Å²) < 4.78 is 22.3. The van der Waals surface area contributed by atoms with Crippen LogP contribution in [-0.4, -0.2) is 18.5 Å². The number of aromatic amines is 1. The van der Waals surface area contributed by atoms with Gasteiger partial charge in [0.05, 0.1) is 5.75 Å². The smallest absolute Gasteiger partial charge is 0.236 e. The fourth-order valence-corrected chi connectivity index (χ4v) is 2.94. The summed E-state index contributed by atoms with van der Waals surface area (Å²) in [6, 6.07) is 3.18. The Balaban J connectivity index is 2.79. The van der Waals surface area contributed by atoms with Crippen molar-refractivity contribution in [2.45, 2.75) is 19.6 Å². The number of H-pyrrole nitrogens is 1. The fourth-order valence-electron chi connectivity index (χ4n) is 1.97. The van der Waals surface area contributed by atoms with Crippen LogP contribution in [0.2, 0.25) is 0 Å². The molecule has 0 aliphatic heterocycles. The molecule has 17 heavy (non-hydrogen) atoms. The molecule has 0 bridgehead atoms. The van der Waals surface area contributed by atoms with Gasteiger partial charge in [-0.1, -0.05) is 0 Å². The molecule has 1 aromatic heterocycles. The van der Waals surface area contributed by atoms with Crippen LogP contribution >= 0.6 is 10.7 Å². The van der Waals surface area contributed by atoms with E-state index in [2.05, 4.69) is 4.98 Å². The molecule has 0 saturated carbocycles. The highest BCUT2D eigenvalue weighted by Crippen LogP contribution is 2.32. The molecule has 1 heterocycles. The molecule has 2 rings (SSSR count). The Morgan fingerprint density at radius 1 is 1.35 bits per heavy atom. The summed E-state index contributed by atoms with van der Waals surface area (Å²) >= 11 is 0. The molecule has 1 aromatic carbocycles. The van der Waals surface area contributed by atoms with Gasteiger partial charge in [-0.25, -0.2) is 8.42 Å². The lowest BCUT2D eigenvalue weighted by atomic mass is 10.1. The Bertz CT molecular complexity index is 688. The summed E-state index contributed by atoms with van der Waals surface area (Å²) in [7, 11) is 1.55. The molecule has 0 fully saturated rings. The van der Waals surface area contributed by atoms with E-state index < -0.39 is 9.05 Å². The van der Waals surface area contributed by atoms with E-state index in [0.29, 0.717) is 5.56 Å². The second-order valence-electron chi connectivity index (χ2n) is 4.04. The van der Waals surface area contributed by atoms with E-state index in [9.17, 15) is 13.5 Å². The summed E-state index contributed by atoms with van der Waals surface area (Å²) in [5, 5.41) is 10.5. The van der Waals surface area contributed by atoms with Crippen LogP contribution in [0.15, 0.2) is 12.1 Å². The molecule has 0 radical (unpaired) electrons. The Labute approximate surface area is 104 Å². The lowest BCUT2D eigenvalue weighted by Crippen LogP contribution is -1.96. The minimum Gasteiger partial charge on any atom is -0.508 e. The summed E-state index contributed by atoms with van der Waals surface area (Å²) in [5.41, 5.74) is 3.01. The molecule has 6 heteroatoms. The van der Waals surface area contributed by atoms with E-state index >= 15 is 0 Å². The number of phenolic OH excluding ortho intramolecular Hbond substituents is 1. The van der Waals surface area contributed by atoms with Gasteiger partial charge in [0.15, 0.2) is 0 Å². The number of rotatable bonds is 2. The predicted molar refractivity (Wildman–Crippen MR) is 67.9 cm³/mol. The SMILES string of the molecule is Cc1[nH]c2ccc(O)c(CS(=O)(=O)Cl)c2c1C. The molecular formula is C11H12ClNO3S. The first kappa shape index (κ1) is 12.3. The van der Waals surface area contributed by atoms with E-state index in [4.69, 9.17) is 10.7 Å². The number of aromatic nitrogens is 1. The highest BCUT2D eigenvalue weighted by molar-refractivity contribution is 8.13. The molecule has 0 unspecified atom stereocenters. The highest BCUT2D eigenvalue weighted by atomic mass is 35.7.